The molecule has 7 nitrogen and oxygen atoms in total. The quantitative estimate of drug-likeness (QED) is 0.666. The van der Waals surface area contributed by atoms with Crippen LogP contribution < -0.4 is 10.6 Å². The molecule has 8 heteroatoms. The highest BCUT2D eigenvalue weighted by atomic mass is 35.5. The number of pyridine rings is 1. The van der Waals surface area contributed by atoms with Gasteiger partial charge in [0.15, 0.2) is 0 Å². The van der Waals surface area contributed by atoms with Crippen LogP contribution in [-0.2, 0) is 11.3 Å². The highest BCUT2D eigenvalue weighted by Gasteiger charge is 2.11. The zero-order valence-electron chi connectivity index (χ0n) is 12.2. The molecule has 0 aliphatic rings. The molecule has 2 aromatic heterocycles. The minimum Gasteiger partial charge on any atom is -0.395 e. The van der Waals surface area contributed by atoms with Gasteiger partial charge in [-0.2, -0.15) is 5.10 Å². The summed E-state index contributed by atoms with van der Waals surface area (Å²) in [5, 5.41) is 19.0. The fraction of sp³-hybridized carbons (Fsp3) is 0.357. The number of carbonyl (C=O) groups is 1. The third-order valence-corrected chi connectivity index (χ3v) is 3.33. The predicted octanol–water partition coefficient (Wildman–Crippen LogP) is 1.21. The van der Waals surface area contributed by atoms with Crippen molar-refractivity contribution in [2.75, 3.05) is 18.5 Å². The molecule has 1 atom stereocenters. The van der Waals surface area contributed by atoms with E-state index in [-0.39, 0.29) is 31.6 Å². The third kappa shape index (κ3) is 4.44. The summed E-state index contributed by atoms with van der Waals surface area (Å²) in [5.74, 6) is -0.202. The van der Waals surface area contributed by atoms with E-state index in [4.69, 9.17) is 16.7 Å². The molecule has 0 saturated carbocycles. The van der Waals surface area contributed by atoms with Gasteiger partial charge in [-0.1, -0.05) is 17.7 Å². The van der Waals surface area contributed by atoms with Crippen molar-refractivity contribution in [1.29, 1.82) is 0 Å². The summed E-state index contributed by atoms with van der Waals surface area (Å²) >= 11 is 6.06. The second kappa shape index (κ2) is 7.77. The van der Waals surface area contributed by atoms with Crippen molar-refractivity contribution in [2.24, 2.45) is 0 Å². The number of aliphatic hydroxyl groups is 1. The van der Waals surface area contributed by atoms with Crippen molar-refractivity contribution < 1.29 is 9.90 Å². The normalized spacial score (nSPS) is 12.0. The Bertz CT molecular complexity index is 631. The van der Waals surface area contributed by atoms with Crippen LogP contribution in [0.15, 0.2) is 30.7 Å². The van der Waals surface area contributed by atoms with Crippen LogP contribution in [-0.4, -0.2) is 38.9 Å². The maximum atomic E-state index is 11.5. The zero-order valence-corrected chi connectivity index (χ0v) is 12.9. The summed E-state index contributed by atoms with van der Waals surface area (Å²) in [6, 6.07) is 3.69. The van der Waals surface area contributed by atoms with Gasteiger partial charge in [-0.25, -0.2) is 4.98 Å². The largest absolute Gasteiger partial charge is 0.395 e. The average molecular weight is 324 g/mol. The van der Waals surface area contributed by atoms with Gasteiger partial charge in [0.05, 0.1) is 24.5 Å². The molecule has 1 unspecified atom stereocenters. The van der Waals surface area contributed by atoms with Gasteiger partial charge in [-0.05, 0) is 13.0 Å². The molecule has 2 rings (SSSR count). The van der Waals surface area contributed by atoms with Crippen LogP contribution in [0.25, 0.3) is 0 Å². The van der Waals surface area contributed by atoms with Crippen LogP contribution >= 0.6 is 11.6 Å². The molecule has 0 aliphatic heterocycles. The summed E-state index contributed by atoms with van der Waals surface area (Å²) in [7, 11) is 0. The van der Waals surface area contributed by atoms with Gasteiger partial charge in [0, 0.05) is 24.5 Å². The monoisotopic (exact) mass is 323 g/mol. The molecule has 0 aromatic carbocycles. The van der Waals surface area contributed by atoms with Gasteiger partial charge in [0.25, 0.3) is 0 Å². The number of aromatic nitrogens is 3. The molecular weight excluding hydrogens is 306 g/mol. The van der Waals surface area contributed by atoms with E-state index in [1.165, 1.54) is 4.68 Å². The van der Waals surface area contributed by atoms with Gasteiger partial charge >= 0.3 is 0 Å². The number of halogens is 1. The molecular formula is C14H18ClN5O2. The number of hydrogen-bond acceptors (Lipinski definition) is 5. The Labute approximate surface area is 133 Å². The van der Waals surface area contributed by atoms with E-state index in [2.05, 4.69) is 20.7 Å². The Balaban J connectivity index is 1.94. The number of nitrogens with one attached hydrogen (secondary N) is 2. The van der Waals surface area contributed by atoms with Crippen LogP contribution in [0.5, 0.6) is 0 Å². The fourth-order valence-electron chi connectivity index (χ4n) is 1.97. The van der Waals surface area contributed by atoms with E-state index in [1.807, 2.05) is 19.1 Å². The second-order valence-electron chi connectivity index (χ2n) is 4.75. The number of hydrogen-bond donors (Lipinski definition) is 3. The molecule has 2 heterocycles. The summed E-state index contributed by atoms with van der Waals surface area (Å²) < 4.78 is 1.52. The number of carbonyl (C=O) groups excluding carboxylic acids is 1. The van der Waals surface area contributed by atoms with E-state index in [0.717, 1.165) is 11.3 Å². The first kappa shape index (κ1) is 16.3. The number of nitrogens with zero attached hydrogens (tertiary/aromatic N) is 3. The lowest BCUT2D eigenvalue weighted by Crippen LogP contribution is -2.30. The highest BCUT2D eigenvalue weighted by molar-refractivity contribution is 6.30. The molecule has 0 bridgehead atoms. The Morgan fingerprint density at radius 1 is 1.55 bits per heavy atom. The number of amides is 1. The molecule has 0 saturated heterocycles. The minimum atomic E-state index is -0.202. The van der Waals surface area contributed by atoms with Crippen LogP contribution in [0, 0.1) is 0 Å². The first-order valence-electron chi connectivity index (χ1n) is 6.87. The third-order valence-electron chi connectivity index (χ3n) is 3.01. The van der Waals surface area contributed by atoms with Gasteiger partial charge in [0.1, 0.15) is 11.7 Å². The van der Waals surface area contributed by atoms with Crippen molar-refractivity contribution >= 4 is 23.2 Å². The lowest BCUT2D eigenvalue weighted by Gasteiger charge is -2.14. The summed E-state index contributed by atoms with van der Waals surface area (Å²) in [5.41, 5.74) is 1.67. The Morgan fingerprint density at radius 3 is 3.09 bits per heavy atom. The summed E-state index contributed by atoms with van der Waals surface area (Å²) in [4.78, 5) is 15.6. The molecule has 3 N–H and O–H groups in total. The lowest BCUT2D eigenvalue weighted by molar-refractivity contribution is -0.122. The van der Waals surface area contributed by atoms with Crippen LogP contribution in [0.2, 0.25) is 5.15 Å². The van der Waals surface area contributed by atoms with Gasteiger partial charge in [-0.3, -0.25) is 9.48 Å². The van der Waals surface area contributed by atoms with Crippen molar-refractivity contribution in [3.8, 4) is 0 Å². The first-order valence-corrected chi connectivity index (χ1v) is 7.25. The second-order valence-corrected chi connectivity index (χ2v) is 5.11. The summed E-state index contributed by atoms with van der Waals surface area (Å²) in [6.45, 7) is 2.22. The maximum Gasteiger partial charge on any atom is 0.241 e. The number of anilines is 1. The first-order chi connectivity index (χ1) is 10.6. The van der Waals surface area contributed by atoms with E-state index in [9.17, 15) is 4.79 Å². The van der Waals surface area contributed by atoms with Gasteiger partial charge < -0.3 is 15.7 Å². The standard InChI is InChI=1S/C14H18ClN5O2/c1-10(12-3-2-4-17-14(12)15)19-11-7-18-20(8-11)9-13(22)16-5-6-21/h2-4,7-8,10,19,21H,5-6,9H2,1H3,(H,16,22). The average Bonchev–Trinajstić information content (AvgIpc) is 2.92. The molecule has 0 spiro atoms. The van der Waals surface area contributed by atoms with Gasteiger partial charge in [-0.15, -0.1) is 0 Å². The topological polar surface area (TPSA) is 92.1 Å². The highest BCUT2D eigenvalue weighted by Crippen LogP contribution is 2.23. The smallest absolute Gasteiger partial charge is 0.241 e. The fourth-order valence-corrected chi connectivity index (χ4v) is 2.26. The predicted molar refractivity (Wildman–Crippen MR) is 83.6 cm³/mol. The van der Waals surface area contributed by atoms with E-state index in [0.29, 0.717) is 5.15 Å². The van der Waals surface area contributed by atoms with E-state index >= 15 is 0 Å². The van der Waals surface area contributed by atoms with E-state index in [1.54, 1.807) is 18.6 Å². The Morgan fingerprint density at radius 2 is 2.36 bits per heavy atom. The molecule has 0 fully saturated rings. The van der Waals surface area contributed by atoms with Crippen molar-refractivity contribution in [2.45, 2.75) is 19.5 Å². The van der Waals surface area contributed by atoms with Crippen LogP contribution in [0.1, 0.15) is 18.5 Å². The maximum absolute atomic E-state index is 11.5. The van der Waals surface area contributed by atoms with Crippen LogP contribution in [0.3, 0.4) is 0 Å². The number of rotatable bonds is 7. The molecule has 1 amide bonds. The van der Waals surface area contributed by atoms with Crippen molar-refractivity contribution in [3.63, 3.8) is 0 Å². The van der Waals surface area contributed by atoms with E-state index < -0.39 is 0 Å². The molecule has 118 valence electrons. The minimum absolute atomic E-state index is 0.0398. The Kier molecular flexibility index (Phi) is 5.74. The molecule has 0 aliphatic carbocycles. The lowest BCUT2D eigenvalue weighted by atomic mass is 10.1. The molecule has 2 aromatic rings. The molecule has 22 heavy (non-hydrogen) atoms. The number of aliphatic hydroxyl groups excluding tert-OH is 1. The van der Waals surface area contributed by atoms with Crippen molar-refractivity contribution in [1.82, 2.24) is 20.1 Å². The zero-order chi connectivity index (χ0) is 15.9. The van der Waals surface area contributed by atoms with Gasteiger partial charge in [0.2, 0.25) is 5.91 Å². The SMILES string of the molecule is CC(Nc1cnn(CC(=O)NCCO)c1)c1cccnc1Cl. The Hall–Kier alpha value is -2.12. The summed E-state index contributed by atoms with van der Waals surface area (Å²) in [6.07, 6.45) is 5.01. The van der Waals surface area contributed by atoms with Crippen molar-refractivity contribution in [3.05, 3.63) is 41.4 Å². The molecule has 0 radical (unpaired) electrons. The van der Waals surface area contributed by atoms with Crippen LogP contribution in [0.4, 0.5) is 5.69 Å².